The Morgan fingerprint density at radius 3 is 2.79 bits per heavy atom. The van der Waals surface area contributed by atoms with Crippen LogP contribution in [-0.2, 0) is 11.3 Å². The highest BCUT2D eigenvalue weighted by Gasteiger charge is 2.13. The molecule has 0 aliphatic carbocycles. The largest absolute Gasteiger partial charge is 0.497 e. The number of rotatable bonds is 6. The lowest BCUT2D eigenvalue weighted by Crippen LogP contribution is -2.07. The number of benzene rings is 1. The zero-order valence-electron chi connectivity index (χ0n) is 11.3. The summed E-state index contributed by atoms with van der Waals surface area (Å²) in [5.74, 6) is 1.64. The number of hydrogen-bond donors (Lipinski definition) is 0. The molecule has 0 N–H and O–H groups in total. The zero-order chi connectivity index (χ0) is 13.7. The van der Waals surface area contributed by atoms with E-state index in [9.17, 15) is 0 Å². The van der Waals surface area contributed by atoms with E-state index >= 15 is 0 Å². The van der Waals surface area contributed by atoms with E-state index in [1.807, 2.05) is 30.5 Å². The van der Waals surface area contributed by atoms with Crippen LogP contribution in [-0.4, -0.2) is 41.8 Å². The molecule has 0 fully saturated rings. The minimum atomic E-state index is 0.628. The molecule has 5 nitrogen and oxygen atoms in total. The van der Waals surface area contributed by atoms with Crippen LogP contribution in [0.2, 0.25) is 0 Å². The Kier molecular flexibility index (Phi) is 4.81. The maximum atomic E-state index is 5.24. The summed E-state index contributed by atoms with van der Waals surface area (Å²) in [7, 11) is 3.34. The third-order valence-corrected chi connectivity index (χ3v) is 3.41. The van der Waals surface area contributed by atoms with Crippen LogP contribution in [0.4, 0.5) is 0 Å². The van der Waals surface area contributed by atoms with Crippen LogP contribution < -0.4 is 4.74 Å². The Morgan fingerprint density at radius 1 is 1.26 bits per heavy atom. The second-order valence-corrected chi connectivity index (χ2v) is 4.66. The van der Waals surface area contributed by atoms with E-state index in [0.29, 0.717) is 6.61 Å². The van der Waals surface area contributed by atoms with Crippen LogP contribution in [0.3, 0.4) is 0 Å². The maximum Gasteiger partial charge on any atom is 0.191 e. The summed E-state index contributed by atoms with van der Waals surface area (Å²) in [5, 5.41) is 9.35. The van der Waals surface area contributed by atoms with Crippen LogP contribution in [0.5, 0.6) is 5.75 Å². The predicted molar refractivity (Wildman–Crippen MR) is 75.7 cm³/mol. The number of thioether (sulfide) groups is 1. The van der Waals surface area contributed by atoms with E-state index in [-0.39, 0.29) is 0 Å². The predicted octanol–water partition coefficient (Wildman–Crippen LogP) is 2.32. The molecule has 0 unspecified atom stereocenters. The maximum absolute atomic E-state index is 5.24. The first kappa shape index (κ1) is 13.9. The number of methoxy groups -OCH3 is 2. The van der Waals surface area contributed by atoms with Gasteiger partial charge in [-0.1, -0.05) is 23.9 Å². The summed E-state index contributed by atoms with van der Waals surface area (Å²) in [6.45, 7) is 1.36. The van der Waals surface area contributed by atoms with Crippen LogP contribution >= 0.6 is 11.8 Å². The molecule has 0 saturated carbocycles. The molecule has 0 amide bonds. The quantitative estimate of drug-likeness (QED) is 0.760. The van der Waals surface area contributed by atoms with Gasteiger partial charge in [0.1, 0.15) is 5.75 Å². The Hall–Kier alpha value is -1.53. The molecular weight excluding hydrogens is 262 g/mol. The lowest BCUT2D eigenvalue weighted by molar-refractivity contribution is 0.185. The van der Waals surface area contributed by atoms with Crippen molar-refractivity contribution < 1.29 is 9.47 Å². The van der Waals surface area contributed by atoms with Gasteiger partial charge < -0.3 is 9.47 Å². The summed E-state index contributed by atoms with van der Waals surface area (Å²) in [6.07, 6.45) is 1.99. The van der Waals surface area contributed by atoms with Gasteiger partial charge in [0.15, 0.2) is 11.0 Å². The number of nitrogens with zero attached hydrogens (tertiary/aromatic N) is 3. The monoisotopic (exact) mass is 279 g/mol. The van der Waals surface area contributed by atoms with E-state index in [4.69, 9.17) is 9.47 Å². The van der Waals surface area contributed by atoms with Gasteiger partial charge >= 0.3 is 0 Å². The van der Waals surface area contributed by atoms with Crippen molar-refractivity contribution in [3.8, 4) is 17.1 Å². The molecule has 0 aliphatic heterocycles. The highest BCUT2D eigenvalue weighted by molar-refractivity contribution is 7.98. The van der Waals surface area contributed by atoms with Gasteiger partial charge in [-0.3, -0.25) is 4.57 Å². The van der Waals surface area contributed by atoms with E-state index in [1.165, 1.54) is 0 Å². The van der Waals surface area contributed by atoms with Crippen molar-refractivity contribution in [2.45, 2.75) is 11.7 Å². The number of ether oxygens (including phenoxy) is 2. The Bertz CT molecular complexity index is 542. The first-order chi connectivity index (χ1) is 9.30. The molecule has 1 heterocycles. The second-order valence-electron chi connectivity index (χ2n) is 3.89. The zero-order valence-corrected chi connectivity index (χ0v) is 12.1. The van der Waals surface area contributed by atoms with Gasteiger partial charge in [0.25, 0.3) is 0 Å². The average molecular weight is 279 g/mol. The van der Waals surface area contributed by atoms with Crippen molar-refractivity contribution in [3.05, 3.63) is 24.3 Å². The van der Waals surface area contributed by atoms with Crippen molar-refractivity contribution in [1.29, 1.82) is 0 Å². The summed E-state index contributed by atoms with van der Waals surface area (Å²) >= 11 is 1.57. The van der Waals surface area contributed by atoms with Gasteiger partial charge in [-0.2, -0.15) is 0 Å². The van der Waals surface area contributed by atoms with Crippen molar-refractivity contribution in [2.24, 2.45) is 0 Å². The molecule has 0 atom stereocenters. The molecule has 102 valence electrons. The van der Waals surface area contributed by atoms with Crippen LogP contribution in [0.1, 0.15) is 0 Å². The molecule has 6 heteroatoms. The van der Waals surface area contributed by atoms with Crippen molar-refractivity contribution in [2.75, 3.05) is 27.1 Å². The van der Waals surface area contributed by atoms with Gasteiger partial charge in [0.2, 0.25) is 0 Å². The summed E-state index contributed by atoms with van der Waals surface area (Å²) in [4.78, 5) is 0. The Morgan fingerprint density at radius 2 is 2.11 bits per heavy atom. The van der Waals surface area contributed by atoms with Gasteiger partial charge in [0.05, 0.1) is 20.3 Å². The van der Waals surface area contributed by atoms with E-state index in [2.05, 4.69) is 14.8 Å². The second kappa shape index (κ2) is 6.58. The van der Waals surface area contributed by atoms with Crippen molar-refractivity contribution in [3.63, 3.8) is 0 Å². The molecule has 0 aliphatic rings. The lowest BCUT2D eigenvalue weighted by Gasteiger charge is -2.09. The lowest BCUT2D eigenvalue weighted by atomic mass is 10.2. The van der Waals surface area contributed by atoms with Crippen LogP contribution in [0.15, 0.2) is 29.4 Å². The molecule has 19 heavy (non-hydrogen) atoms. The average Bonchev–Trinajstić information content (AvgIpc) is 2.88. The summed E-state index contributed by atoms with van der Waals surface area (Å²) in [6, 6.07) is 7.81. The summed E-state index contributed by atoms with van der Waals surface area (Å²) in [5.41, 5.74) is 0.989. The molecule has 0 spiro atoms. The molecule has 1 aromatic heterocycles. The van der Waals surface area contributed by atoms with Crippen LogP contribution in [0.25, 0.3) is 11.4 Å². The third-order valence-electron chi connectivity index (χ3n) is 2.75. The van der Waals surface area contributed by atoms with E-state index in [1.54, 1.807) is 26.0 Å². The Labute approximate surface area is 116 Å². The van der Waals surface area contributed by atoms with Crippen LogP contribution in [0, 0.1) is 0 Å². The fourth-order valence-electron chi connectivity index (χ4n) is 1.80. The first-order valence-electron chi connectivity index (χ1n) is 5.90. The third kappa shape index (κ3) is 3.08. The minimum Gasteiger partial charge on any atom is -0.497 e. The van der Waals surface area contributed by atoms with Gasteiger partial charge in [-0.15, -0.1) is 10.2 Å². The standard InChI is InChI=1S/C13H17N3O2S/c1-17-8-7-16-12(14-15-13(16)19-3)10-5-4-6-11(9-10)18-2/h4-6,9H,7-8H2,1-3H3. The fraction of sp³-hybridized carbons (Fsp3) is 0.385. The topological polar surface area (TPSA) is 49.2 Å². The number of hydrogen-bond acceptors (Lipinski definition) is 5. The molecule has 1 aromatic carbocycles. The highest BCUT2D eigenvalue weighted by Crippen LogP contribution is 2.25. The first-order valence-corrected chi connectivity index (χ1v) is 7.13. The Balaban J connectivity index is 2.39. The molecule has 0 saturated heterocycles. The SMILES string of the molecule is COCCn1c(SC)nnc1-c1cccc(OC)c1. The van der Waals surface area contributed by atoms with Crippen molar-refractivity contribution in [1.82, 2.24) is 14.8 Å². The fourth-order valence-corrected chi connectivity index (χ4v) is 2.32. The summed E-state index contributed by atoms with van der Waals surface area (Å²) < 4.78 is 12.4. The molecule has 2 rings (SSSR count). The van der Waals surface area contributed by atoms with Gasteiger partial charge in [0, 0.05) is 12.7 Å². The minimum absolute atomic E-state index is 0.628. The molecule has 0 radical (unpaired) electrons. The molecule has 2 aromatic rings. The normalized spacial score (nSPS) is 10.7. The smallest absolute Gasteiger partial charge is 0.191 e. The molecular formula is C13H17N3O2S. The van der Waals surface area contributed by atoms with Crippen molar-refractivity contribution >= 4 is 11.8 Å². The van der Waals surface area contributed by atoms with E-state index in [0.717, 1.165) is 28.8 Å². The molecule has 0 bridgehead atoms. The van der Waals surface area contributed by atoms with E-state index < -0.39 is 0 Å². The highest BCUT2D eigenvalue weighted by atomic mass is 32.2. The van der Waals surface area contributed by atoms with Gasteiger partial charge in [-0.25, -0.2) is 0 Å². The number of aromatic nitrogens is 3. The van der Waals surface area contributed by atoms with Gasteiger partial charge in [-0.05, 0) is 18.4 Å².